The molecule has 0 heterocycles. The number of ether oxygens (including phenoxy) is 1. The summed E-state index contributed by atoms with van der Waals surface area (Å²) >= 11 is 5.88. The zero-order valence-electron chi connectivity index (χ0n) is 12.9. The third-order valence-electron chi connectivity index (χ3n) is 3.36. The summed E-state index contributed by atoms with van der Waals surface area (Å²) in [5, 5.41) is 0.0902. The summed E-state index contributed by atoms with van der Waals surface area (Å²) in [6.07, 6.45) is 0. The normalized spacial score (nSPS) is 12.7. The van der Waals surface area contributed by atoms with Gasteiger partial charge in [-0.2, -0.15) is 0 Å². The predicted molar refractivity (Wildman–Crippen MR) is 87.9 cm³/mol. The first-order valence-corrected chi connectivity index (χ1v) is 8.76. The lowest BCUT2D eigenvalue weighted by Gasteiger charge is -2.15. The quantitative estimate of drug-likeness (QED) is 0.818. The molecule has 0 aliphatic heterocycles. The Balaban J connectivity index is 2.30. The minimum Gasteiger partial charge on any atom is -0.465 e. The lowest BCUT2D eigenvalue weighted by atomic mass is 10.1. The molecule has 2 rings (SSSR count). The monoisotopic (exact) mass is 371 g/mol. The third-order valence-corrected chi connectivity index (χ3v) is 5.22. The maximum Gasteiger partial charge on any atom is 0.339 e. The zero-order chi connectivity index (χ0) is 17.9. The van der Waals surface area contributed by atoms with Crippen LogP contribution >= 0.6 is 11.6 Å². The van der Waals surface area contributed by atoms with E-state index in [0.29, 0.717) is 5.56 Å². The molecule has 0 fully saturated rings. The maximum atomic E-state index is 12.9. The smallest absolute Gasteiger partial charge is 0.339 e. The zero-order valence-corrected chi connectivity index (χ0v) is 14.5. The summed E-state index contributed by atoms with van der Waals surface area (Å²) in [4.78, 5) is 11.5. The molecule has 128 valence electrons. The number of rotatable bonds is 5. The van der Waals surface area contributed by atoms with Crippen LogP contribution < -0.4 is 4.72 Å². The molecule has 0 unspecified atom stereocenters. The number of sulfonamides is 1. The Morgan fingerprint density at radius 1 is 1.21 bits per heavy atom. The lowest BCUT2D eigenvalue weighted by molar-refractivity contribution is 0.0600. The number of benzene rings is 2. The van der Waals surface area contributed by atoms with Gasteiger partial charge in [0.15, 0.2) is 0 Å². The first kappa shape index (κ1) is 18.4. The third kappa shape index (κ3) is 4.11. The van der Waals surface area contributed by atoms with E-state index in [9.17, 15) is 17.6 Å². The Labute approximate surface area is 144 Å². The average molecular weight is 372 g/mol. The van der Waals surface area contributed by atoms with Gasteiger partial charge in [-0.1, -0.05) is 23.7 Å². The average Bonchev–Trinajstić information content (AvgIpc) is 2.54. The van der Waals surface area contributed by atoms with E-state index in [1.165, 1.54) is 43.5 Å². The summed E-state index contributed by atoms with van der Waals surface area (Å²) < 4.78 is 44.9. The van der Waals surface area contributed by atoms with Gasteiger partial charge >= 0.3 is 5.97 Å². The summed E-state index contributed by atoms with van der Waals surface area (Å²) in [5.74, 6) is -1.14. The van der Waals surface area contributed by atoms with Crippen molar-refractivity contribution >= 4 is 27.6 Å². The van der Waals surface area contributed by atoms with E-state index >= 15 is 0 Å². The molecule has 2 aromatic rings. The van der Waals surface area contributed by atoms with Crippen molar-refractivity contribution in [2.24, 2.45) is 0 Å². The first-order valence-electron chi connectivity index (χ1n) is 6.90. The van der Waals surface area contributed by atoms with Gasteiger partial charge in [0, 0.05) is 6.04 Å². The van der Waals surface area contributed by atoms with Crippen molar-refractivity contribution in [2.45, 2.75) is 17.9 Å². The van der Waals surface area contributed by atoms with E-state index in [4.69, 9.17) is 11.6 Å². The number of methoxy groups -OCH3 is 1. The van der Waals surface area contributed by atoms with Gasteiger partial charge in [-0.05, 0) is 42.8 Å². The second kappa shape index (κ2) is 7.29. The Morgan fingerprint density at radius 3 is 2.42 bits per heavy atom. The largest absolute Gasteiger partial charge is 0.465 e. The highest BCUT2D eigenvalue weighted by molar-refractivity contribution is 7.89. The van der Waals surface area contributed by atoms with Gasteiger partial charge in [-0.25, -0.2) is 22.3 Å². The van der Waals surface area contributed by atoms with E-state index in [2.05, 4.69) is 9.46 Å². The molecule has 0 saturated carbocycles. The van der Waals surface area contributed by atoms with Crippen LogP contribution in [0.15, 0.2) is 47.4 Å². The minimum absolute atomic E-state index is 0.0449. The number of carbonyl (C=O) groups excluding carboxylic acids is 1. The predicted octanol–water partition coefficient (Wildman–Crippen LogP) is 3.31. The second-order valence-electron chi connectivity index (χ2n) is 5.03. The first-order chi connectivity index (χ1) is 11.2. The van der Waals surface area contributed by atoms with Gasteiger partial charge < -0.3 is 4.74 Å². The number of carbonyl (C=O) groups is 1. The second-order valence-corrected chi connectivity index (χ2v) is 7.15. The van der Waals surface area contributed by atoms with E-state index in [0.717, 1.165) is 6.07 Å². The van der Waals surface area contributed by atoms with Gasteiger partial charge in [-0.3, -0.25) is 0 Å². The van der Waals surface area contributed by atoms with Crippen molar-refractivity contribution in [3.05, 3.63) is 64.4 Å². The van der Waals surface area contributed by atoms with E-state index < -0.39 is 27.9 Å². The minimum atomic E-state index is -3.91. The van der Waals surface area contributed by atoms with Crippen molar-refractivity contribution in [3.8, 4) is 0 Å². The number of halogens is 2. The van der Waals surface area contributed by atoms with Crippen molar-refractivity contribution in [2.75, 3.05) is 7.11 Å². The molecule has 0 saturated heterocycles. The highest BCUT2D eigenvalue weighted by atomic mass is 35.5. The Morgan fingerprint density at radius 2 is 1.83 bits per heavy atom. The number of hydrogen-bond acceptors (Lipinski definition) is 4. The molecule has 5 nitrogen and oxygen atoms in total. The van der Waals surface area contributed by atoms with Crippen LogP contribution in [-0.2, 0) is 14.8 Å². The topological polar surface area (TPSA) is 72.5 Å². The molecular weight excluding hydrogens is 357 g/mol. The van der Waals surface area contributed by atoms with Crippen LogP contribution in [0.5, 0.6) is 0 Å². The van der Waals surface area contributed by atoms with Crippen molar-refractivity contribution < 1.29 is 22.3 Å². The molecule has 8 heteroatoms. The fourth-order valence-corrected chi connectivity index (χ4v) is 3.51. The summed E-state index contributed by atoms with van der Waals surface area (Å²) in [7, 11) is -2.73. The van der Waals surface area contributed by atoms with Gasteiger partial charge in [0.2, 0.25) is 10.0 Å². The molecule has 1 N–H and O–H groups in total. The van der Waals surface area contributed by atoms with E-state index in [1.54, 1.807) is 6.92 Å². The molecule has 1 atom stereocenters. The summed E-state index contributed by atoms with van der Waals surface area (Å²) in [6.45, 7) is 1.63. The molecule has 0 aliphatic rings. The van der Waals surface area contributed by atoms with Crippen LogP contribution in [0, 0.1) is 5.82 Å². The molecule has 0 aromatic heterocycles. The number of hydrogen-bond donors (Lipinski definition) is 1. The van der Waals surface area contributed by atoms with Crippen molar-refractivity contribution in [1.29, 1.82) is 0 Å². The Bertz CT molecular complexity index is 853. The Kier molecular flexibility index (Phi) is 5.58. The van der Waals surface area contributed by atoms with Gasteiger partial charge in [0.25, 0.3) is 0 Å². The van der Waals surface area contributed by atoms with Crippen molar-refractivity contribution in [1.82, 2.24) is 4.72 Å². The fraction of sp³-hybridized carbons (Fsp3) is 0.188. The van der Waals surface area contributed by atoms with Crippen molar-refractivity contribution in [3.63, 3.8) is 0 Å². The van der Waals surface area contributed by atoms with Crippen LogP contribution in [0.4, 0.5) is 4.39 Å². The molecule has 24 heavy (non-hydrogen) atoms. The van der Waals surface area contributed by atoms with Crippen LogP contribution in [-0.4, -0.2) is 21.5 Å². The Hall–Kier alpha value is -1.96. The summed E-state index contributed by atoms with van der Waals surface area (Å²) in [5.41, 5.74) is 0.554. The van der Waals surface area contributed by atoms with Gasteiger partial charge in [0.05, 0.1) is 22.6 Å². The summed E-state index contributed by atoms with van der Waals surface area (Å²) in [6, 6.07) is 8.63. The highest BCUT2D eigenvalue weighted by Gasteiger charge is 2.21. The molecular formula is C16H15ClFNO4S. The molecule has 0 spiro atoms. The van der Waals surface area contributed by atoms with Crippen LogP contribution in [0.3, 0.4) is 0 Å². The molecule has 0 radical (unpaired) electrons. The number of esters is 1. The molecule has 0 amide bonds. The van der Waals surface area contributed by atoms with E-state index in [-0.39, 0.29) is 15.5 Å². The SMILES string of the molecule is COC(=O)c1cc(S(=O)(=O)N[C@@H](C)c2ccc(F)cc2)ccc1Cl. The molecule has 2 aromatic carbocycles. The van der Waals surface area contributed by atoms with Gasteiger partial charge in [-0.15, -0.1) is 0 Å². The highest BCUT2D eigenvalue weighted by Crippen LogP contribution is 2.23. The standard InChI is InChI=1S/C16H15ClFNO4S/c1-10(11-3-5-12(18)6-4-11)19-24(21,22)13-7-8-15(17)14(9-13)16(20)23-2/h3-10,19H,1-2H3/t10-/m0/s1. The maximum absolute atomic E-state index is 12.9. The van der Waals surface area contributed by atoms with Crippen LogP contribution in [0.25, 0.3) is 0 Å². The van der Waals surface area contributed by atoms with Gasteiger partial charge in [0.1, 0.15) is 5.82 Å². The molecule has 0 bridgehead atoms. The van der Waals surface area contributed by atoms with Crippen LogP contribution in [0.1, 0.15) is 28.9 Å². The van der Waals surface area contributed by atoms with E-state index in [1.807, 2.05) is 0 Å². The van der Waals surface area contributed by atoms with Crippen LogP contribution in [0.2, 0.25) is 5.02 Å². The lowest BCUT2D eigenvalue weighted by Crippen LogP contribution is -2.27. The fourth-order valence-electron chi connectivity index (χ4n) is 2.06. The molecule has 0 aliphatic carbocycles. The number of nitrogens with one attached hydrogen (secondary N) is 1.